The quantitative estimate of drug-likeness (QED) is 0.894. The lowest BCUT2D eigenvalue weighted by atomic mass is 10.2. The summed E-state index contributed by atoms with van der Waals surface area (Å²) in [6, 6.07) is 3.62. The van der Waals surface area contributed by atoms with Crippen molar-refractivity contribution in [3.05, 3.63) is 22.8 Å². The molecule has 0 aromatic carbocycles. The van der Waals surface area contributed by atoms with Crippen LogP contribution in [0, 0.1) is 0 Å². The van der Waals surface area contributed by atoms with Crippen molar-refractivity contribution in [2.45, 2.75) is 33.2 Å². The zero-order valence-electron chi connectivity index (χ0n) is 11.3. The van der Waals surface area contributed by atoms with Crippen molar-refractivity contribution in [1.29, 1.82) is 0 Å². The lowest BCUT2D eigenvalue weighted by Crippen LogP contribution is -2.38. The summed E-state index contributed by atoms with van der Waals surface area (Å²) in [4.78, 5) is 18.4. The number of carbonyl (C=O) groups is 1. The normalized spacial score (nSPS) is 12.1. The number of anilines is 1. The van der Waals surface area contributed by atoms with Crippen LogP contribution >= 0.6 is 11.6 Å². The van der Waals surface area contributed by atoms with Gasteiger partial charge < -0.3 is 10.2 Å². The van der Waals surface area contributed by atoms with Crippen LogP contribution in [0.2, 0.25) is 5.02 Å². The van der Waals surface area contributed by atoms with Gasteiger partial charge in [0.15, 0.2) is 0 Å². The number of hydrogen-bond donors (Lipinski definition) is 1. The molecule has 4 nitrogen and oxygen atoms in total. The third-order valence-electron chi connectivity index (χ3n) is 3.03. The Kier molecular flexibility index (Phi) is 5.41. The Bertz CT molecular complexity index is 423. The SMILES string of the molecule is CCC(C)N(CC)C(=O)c1nc(NC)ccc1Cl. The number of rotatable bonds is 5. The molecule has 0 aliphatic carbocycles. The number of amides is 1. The van der Waals surface area contributed by atoms with Crippen LogP contribution in [-0.4, -0.2) is 35.4 Å². The van der Waals surface area contributed by atoms with E-state index in [1.165, 1.54) is 0 Å². The predicted octanol–water partition coefficient (Wildman–Crippen LogP) is 3.04. The van der Waals surface area contributed by atoms with Crippen molar-refractivity contribution in [3.63, 3.8) is 0 Å². The van der Waals surface area contributed by atoms with Gasteiger partial charge in [-0.05, 0) is 32.4 Å². The number of carbonyl (C=O) groups excluding carboxylic acids is 1. The van der Waals surface area contributed by atoms with E-state index in [1.807, 2.05) is 13.8 Å². The van der Waals surface area contributed by atoms with Gasteiger partial charge in [-0.2, -0.15) is 0 Å². The third kappa shape index (κ3) is 3.13. The van der Waals surface area contributed by atoms with Gasteiger partial charge in [-0.25, -0.2) is 4.98 Å². The average molecular weight is 270 g/mol. The van der Waals surface area contributed by atoms with Crippen LogP contribution in [0.25, 0.3) is 0 Å². The Labute approximate surface area is 113 Å². The molecule has 1 atom stereocenters. The summed E-state index contributed by atoms with van der Waals surface area (Å²) >= 11 is 6.06. The second kappa shape index (κ2) is 6.59. The molecule has 0 radical (unpaired) electrons. The van der Waals surface area contributed by atoms with E-state index < -0.39 is 0 Å². The molecule has 1 aromatic rings. The second-order valence-corrected chi connectivity index (χ2v) is 4.53. The summed E-state index contributed by atoms with van der Waals surface area (Å²) in [5.74, 6) is 0.525. The molecule has 1 N–H and O–H groups in total. The van der Waals surface area contributed by atoms with Crippen molar-refractivity contribution in [1.82, 2.24) is 9.88 Å². The zero-order chi connectivity index (χ0) is 13.7. The molecular formula is C13H20ClN3O. The van der Waals surface area contributed by atoms with E-state index in [0.717, 1.165) is 6.42 Å². The largest absolute Gasteiger partial charge is 0.373 e. The molecule has 5 heteroatoms. The fourth-order valence-electron chi connectivity index (χ4n) is 1.74. The maximum atomic E-state index is 12.4. The van der Waals surface area contributed by atoms with Crippen LogP contribution in [0.15, 0.2) is 12.1 Å². The highest BCUT2D eigenvalue weighted by Crippen LogP contribution is 2.19. The van der Waals surface area contributed by atoms with Gasteiger partial charge in [0.05, 0.1) is 5.02 Å². The van der Waals surface area contributed by atoms with E-state index in [1.54, 1.807) is 24.1 Å². The Morgan fingerprint density at radius 3 is 2.67 bits per heavy atom. The predicted molar refractivity (Wildman–Crippen MR) is 75.3 cm³/mol. The topological polar surface area (TPSA) is 45.2 Å². The number of nitrogens with zero attached hydrogens (tertiary/aromatic N) is 2. The first kappa shape index (κ1) is 14.8. The summed E-state index contributed by atoms with van der Waals surface area (Å²) in [6.45, 7) is 6.69. The minimum absolute atomic E-state index is 0.117. The summed E-state index contributed by atoms with van der Waals surface area (Å²) in [6.07, 6.45) is 0.906. The standard InChI is InChI=1S/C13H20ClN3O/c1-5-9(3)17(6-2)13(18)12-10(14)7-8-11(15-4)16-12/h7-9H,5-6H2,1-4H3,(H,15,16). The van der Waals surface area contributed by atoms with E-state index in [4.69, 9.17) is 11.6 Å². The molecule has 100 valence electrons. The van der Waals surface area contributed by atoms with Crippen LogP contribution in [-0.2, 0) is 0 Å². The van der Waals surface area contributed by atoms with Crippen molar-refractivity contribution in [3.8, 4) is 0 Å². The maximum absolute atomic E-state index is 12.4. The number of halogens is 1. The van der Waals surface area contributed by atoms with Crippen LogP contribution in [0.5, 0.6) is 0 Å². The minimum Gasteiger partial charge on any atom is -0.373 e. The van der Waals surface area contributed by atoms with Crippen molar-refractivity contribution in [2.75, 3.05) is 18.9 Å². The molecule has 0 spiro atoms. The van der Waals surface area contributed by atoms with Gasteiger partial charge in [-0.15, -0.1) is 0 Å². The lowest BCUT2D eigenvalue weighted by Gasteiger charge is -2.27. The van der Waals surface area contributed by atoms with E-state index >= 15 is 0 Å². The fourth-order valence-corrected chi connectivity index (χ4v) is 1.93. The van der Waals surface area contributed by atoms with Gasteiger partial charge in [-0.1, -0.05) is 18.5 Å². The highest BCUT2D eigenvalue weighted by Gasteiger charge is 2.22. The molecule has 1 amide bonds. The lowest BCUT2D eigenvalue weighted by molar-refractivity contribution is 0.0694. The third-order valence-corrected chi connectivity index (χ3v) is 3.33. The fraction of sp³-hybridized carbons (Fsp3) is 0.538. The molecule has 1 unspecified atom stereocenters. The van der Waals surface area contributed by atoms with Crippen molar-refractivity contribution in [2.24, 2.45) is 0 Å². The van der Waals surface area contributed by atoms with Crippen LogP contribution in [0.4, 0.5) is 5.82 Å². The molecule has 1 heterocycles. The molecular weight excluding hydrogens is 250 g/mol. The van der Waals surface area contributed by atoms with E-state index in [-0.39, 0.29) is 11.9 Å². The van der Waals surface area contributed by atoms with Crippen molar-refractivity contribution < 1.29 is 4.79 Å². The molecule has 0 bridgehead atoms. The zero-order valence-corrected chi connectivity index (χ0v) is 12.1. The smallest absolute Gasteiger partial charge is 0.274 e. The van der Waals surface area contributed by atoms with E-state index in [0.29, 0.717) is 23.1 Å². The number of nitrogens with one attached hydrogen (secondary N) is 1. The second-order valence-electron chi connectivity index (χ2n) is 4.13. The van der Waals surface area contributed by atoms with Gasteiger partial charge in [0.1, 0.15) is 11.5 Å². The van der Waals surface area contributed by atoms with Crippen LogP contribution in [0.3, 0.4) is 0 Å². The van der Waals surface area contributed by atoms with Crippen LogP contribution in [0.1, 0.15) is 37.7 Å². The molecule has 18 heavy (non-hydrogen) atoms. The maximum Gasteiger partial charge on any atom is 0.274 e. The number of pyridine rings is 1. The van der Waals surface area contributed by atoms with Gasteiger partial charge in [-0.3, -0.25) is 4.79 Å². The van der Waals surface area contributed by atoms with Gasteiger partial charge in [0, 0.05) is 19.6 Å². The highest BCUT2D eigenvalue weighted by molar-refractivity contribution is 6.33. The number of hydrogen-bond acceptors (Lipinski definition) is 3. The molecule has 1 rings (SSSR count). The minimum atomic E-state index is -0.117. The van der Waals surface area contributed by atoms with Gasteiger partial charge in [0.2, 0.25) is 0 Å². The average Bonchev–Trinajstić information content (AvgIpc) is 2.39. The molecule has 0 aliphatic heterocycles. The van der Waals surface area contributed by atoms with E-state index in [9.17, 15) is 4.79 Å². The molecule has 0 saturated carbocycles. The van der Waals surface area contributed by atoms with Crippen molar-refractivity contribution >= 4 is 23.3 Å². The number of aromatic nitrogens is 1. The monoisotopic (exact) mass is 269 g/mol. The molecule has 1 aromatic heterocycles. The summed E-state index contributed by atoms with van der Waals surface area (Å²) < 4.78 is 0. The van der Waals surface area contributed by atoms with E-state index in [2.05, 4.69) is 17.2 Å². The molecule has 0 saturated heterocycles. The summed E-state index contributed by atoms with van der Waals surface area (Å²) in [5.41, 5.74) is 0.311. The molecule has 0 aliphatic rings. The Hall–Kier alpha value is -1.29. The van der Waals surface area contributed by atoms with Gasteiger partial charge in [0.25, 0.3) is 5.91 Å². The first-order chi connectivity index (χ1) is 8.54. The first-order valence-corrected chi connectivity index (χ1v) is 6.58. The Morgan fingerprint density at radius 1 is 1.50 bits per heavy atom. The first-order valence-electron chi connectivity index (χ1n) is 6.20. The Balaban J connectivity index is 3.08. The summed E-state index contributed by atoms with van der Waals surface area (Å²) in [5, 5.41) is 3.30. The summed E-state index contributed by atoms with van der Waals surface area (Å²) in [7, 11) is 1.76. The Morgan fingerprint density at radius 2 is 2.17 bits per heavy atom. The van der Waals surface area contributed by atoms with Crippen LogP contribution < -0.4 is 5.32 Å². The highest BCUT2D eigenvalue weighted by atomic mass is 35.5. The molecule has 0 fully saturated rings. The van der Waals surface area contributed by atoms with Gasteiger partial charge >= 0.3 is 0 Å².